The second-order valence-electron chi connectivity index (χ2n) is 6.71. The Bertz CT molecular complexity index is 970. The number of benzene rings is 1. The van der Waals surface area contributed by atoms with Gasteiger partial charge in [0.05, 0.1) is 12.7 Å². The summed E-state index contributed by atoms with van der Waals surface area (Å²) >= 11 is 1.36. The van der Waals surface area contributed by atoms with Gasteiger partial charge in [-0.15, -0.1) is 11.3 Å². The molecule has 1 aromatic carbocycles. The van der Waals surface area contributed by atoms with Crippen LogP contribution in [0.1, 0.15) is 33.6 Å². The highest BCUT2D eigenvalue weighted by Gasteiger charge is 2.31. The molecule has 2 aliphatic rings. The average Bonchev–Trinajstić information content (AvgIpc) is 3.11. The molecule has 0 bridgehead atoms. The molecule has 0 saturated heterocycles. The number of carbonyl (C=O) groups is 3. The highest BCUT2D eigenvalue weighted by atomic mass is 32.1. The van der Waals surface area contributed by atoms with Gasteiger partial charge >= 0.3 is 6.09 Å². The fourth-order valence-corrected chi connectivity index (χ4v) is 4.73. The largest absolute Gasteiger partial charge is 0.485 e. The summed E-state index contributed by atoms with van der Waals surface area (Å²) in [5.41, 5.74) is 1.20. The highest BCUT2D eigenvalue weighted by Crippen LogP contribution is 2.38. The first-order chi connectivity index (χ1) is 14.1. The van der Waals surface area contributed by atoms with Crippen LogP contribution in [0.5, 0.6) is 11.5 Å². The predicted molar refractivity (Wildman–Crippen MR) is 106 cm³/mol. The molecule has 1 atom stereocenters. The van der Waals surface area contributed by atoms with E-state index < -0.39 is 24.0 Å². The second kappa shape index (κ2) is 8.12. The average molecular weight is 416 g/mol. The summed E-state index contributed by atoms with van der Waals surface area (Å²) in [4.78, 5) is 38.0. The maximum atomic E-state index is 12.8. The minimum absolute atomic E-state index is 0.0671. The van der Waals surface area contributed by atoms with E-state index in [4.69, 9.17) is 9.47 Å². The number of nitrogens with one attached hydrogen (secondary N) is 2. The van der Waals surface area contributed by atoms with Crippen LogP contribution in [0.4, 0.5) is 9.80 Å². The molecule has 1 aliphatic heterocycles. The van der Waals surface area contributed by atoms with E-state index in [1.54, 1.807) is 18.2 Å². The third-order valence-electron chi connectivity index (χ3n) is 4.84. The van der Waals surface area contributed by atoms with Crippen LogP contribution >= 0.6 is 11.3 Å². The minimum atomic E-state index is -0.847. The molecule has 0 fully saturated rings. The normalized spacial score (nSPS) is 17.1. The number of fused-ring (bicyclic) bond motifs is 2. The van der Waals surface area contributed by atoms with Gasteiger partial charge in [0.25, 0.3) is 11.8 Å². The Morgan fingerprint density at radius 2 is 1.90 bits per heavy atom. The molecule has 2 heterocycles. The first-order valence-electron chi connectivity index (χ1n) is 9.30. The van der Waals surface area contributed by atoms with Crippen molar-refractivity contribution in [3.8, 4) is 11.5 Å². The summed E-state index contributed by atoms with van der Waals surface area (Å²) in [5, 5.41) is 5.40. The lowest BCUT2D eigenvalue weighted by molar-refractivity contribution is -0.125. The molecule has 4 rings (SSSR count). The van der Waals surface area contributed by atoms with Crippen LogP contribution in [0.3, 0.4) is 0 Å². The molecule has 9 heteroatoms. The van der Waals surface area contributed by atoms with Crippen molar-refractivity contribution in [1.29, 1.82) is 0 Å². The number of para-hydroxylation sites is 2. The summed E-state index contributed by atoms with van der Waals surface area (Å²) in [7, 11) is 1.19. The van der Waals surface area contributed by atoms with Crippen molar-refractivity contribution in [2.45, 2.75) is 31.8 Å². The van der Waals surface area contributed by atoms with Gasteiger partial charge in [0.1, 0.15) is 11.6 Å². The molecule has 2 aromatic rings. The van der Waals surface area contributed by atoms with Crippen molar-refractivity contribution >= 4 is 34.2 Å². The number of hydrogen-bond acceptors (Lipinski definition) is 7. The number of imide groups is 1. The van der Waals surface area contributed by atoms with Crippen LogP contribution in [0.25, 0.3) is 0 Å². The van der Waals surface area contributed by atoms with Gasteiger partial charge in [-0.05, 0) is 43.4 Å². The lowest BCUT2D eigenvalue weighted by Crippen LogP contribution is -2.40. The molecule has 0 saturated carbocycles. The van der Waals surface area contributed by atoms with E-state index in [1.165, 1.54) is 18.4 Å². The first-order valence-corrected chi connectivity index (χ1v) is 10.1. The number of thiophene rings is 1. The second-order valence-corrected chi connectivity index (χ2v) is 7.82. The van der Waals surface area contributed by atoms with Crippen molar-refractivity contribution in [2.24, 2.45) is 0 Å². The summed E-state index contributed by atoms with van der Waals surface area (Å²) in [5.74, 6) is 0.0808. The Balaban J connectivity index is 1.56. The monoisotopic (exact) mass is 416 g/mol. The maximum absolute atomic E-state index is 12.8. The van der Waals surface area contributed by atoms with Gasteiger partial charge in [-0.3, -0.25) is 14.9 Å². The van der Waals surface area contributed by atoms with Crippen molar-refractivity contribution in [3.05, 3.63) is 40.3 Å². The van der Waals surface area contributed by atoms with E-state index in [0.717, 1.165) is 36.1 Å². The van der Waals surface area contributed by atoms with Crippen LogP contribution in [0.2, 0.25) is 0 Å². The molecule has 1 aromatic heterocycles. The van der Waals surface area contributed by atoms with Gasteiger partial charge in [-0.1, -0.05) is 12.1 Å². The third kappa shape index (κ3) is 3.91. The Morgan fingerprint density at radius 1 is 1.14 bits per heavy atom. The van der Waals surface area contributed by atoms with Crippen LogP contribution in [-0.4, -0.2) is 37.7 Å². The van der Waals surface area contributed by atoms with Gasteiger partial charge in [0.2, 0.25) is 6.10 Å². The van der Waals surface area contributed by atoms with Crippen molar-refractivity contribution in [3.63, 3.8) is 0 Å². The topological polar surface area (TPSA) is 103 Å². The van der Waals surface area contributed by atoms with E-state index >= 15 is 0 Å². The van der Waals surface area contributed by atoms with Crippen molar-refractivity contribution < 1.29 is 28.6 Å². The number of ether oxygens (including phenoxy) is 3. The number of hydrogen-bond donors (Lipinski definition) is 2. The number of rotatable bonds is 3. The zero-order valence-corrected chi connectivity index (χ0v) is 16.6. The van der Waals surface area contributed by atoms with Gasteiger partial charge in [0, 0.05) is 4.88 Å². The summed E-state index contributed by atoms with van der Waals surface area (Å²) in [6.45, 7) is 0.0671. The highest BCUT2D eigenvalue weighted by molar-refractivity contribution is 7.17. The van der Waals surface area contributed by atoms with Gasteiger partial charge < -0.3 is 19.5 Å². The molecule has 0 radical (unpaired) electrons. The van der Waals surface area contributed by atoms with E-state index in [2.05, 4.69) is 15.4 Å². The number of aryl methyl sites for hydroxylation is 1. The third-order valence-corrected chi connectivity index (χ3v) is 6.04. The molecule has 3 amide bonds. The first kappa shape index (κ1) is 19.3. The molecule has 1 aliphatic carbocycles. The van der Waals surface area contributed by atoms with E-state index in [9.17, 15) is 14.4 Å². The fraction of sp³-hybridized carbons (Fsp3) is 0.350. The maximum Gasteiger partial charge on any atom is 0.413 e. The molecular formula is C20H20N2O6S. The fourth-order valence-electron chi connectivity index (χ4n) is 3.44. The number of anilines is 1. The minimum Gasteiger partial charge on any atom is -0.485 e. The van der Waals surface area contributed by atoms with Crippen LogP contribution in [0, 0.1) is 0 Å². The molecule has 29 heavy (non-hydrogen) atoms. The number of carbonyl (C=O) groups excluding carboxylic acids is 3. The zero-order chi connectivity index (χ0) is 20.4. The predicted octanol–water partition coefficient (Wildman–Crippen LogP) is 2.90. The Morgan fingerprint density at radius 3 is 2.69 bits per heavy atom. The van der Waals surface area contributed by atoms with Crippen LogP contribution in [-0.2, 0) is 22.4 Å². The van der Waals surface area contributed by atoms with E-state index in [0.29, 0.717) is 22.1 Å². The van der Waals surface area contributed by atoms with Crippen LogP contribution < -0.4 is 20.1 Å². The van der Waals surface area contributed by atoms with E-state index in [1.807, 2.05) is 6.07 Å². The van der Waals surface area contributed by atoms with E-state index in [-0.39, 0.29) is 6.61 Å². The Hall–Kier alpha value is -3.07. The smallest absolute Gasteiger partial charge is 0.413 e. The summed E-state index contributed by atoms with van der Waals surface area (Å²) in [6, 6.07) is 7.12. The SMILES string of the molecule is COC(=O)NC(=O)c1c(NC(=O)[C@H]2COc3ccccc3O2)sc2c1CCCC2. The van der Waals surface area contributed by atoms with Gasteiger partial charge in [0.15, 0.2) is 11.5 Å². The quantitative estimate of drug-likeness (QED) is 0.798. The number of methoxy groups -OCH3 is 1. The van der Waals surface area contributed by atoms with Gasteiger partial charge in [-0.25, -0.2) is 4.79 Å². The molecule has 0 spiro atoms. The lowest BCUT2D eigenvalue weighted by atomic mass is 9.95. The number of alkyl carbamates (subject to hydrolysis) is 1. The number of amides is 3. The molecular weight excluding hydrogens is 396 g/mol. The summed E-state index contributed by atoms with van der Waals surface area (Å²) < 4.78 is 15.9. The lowest BCUT2D eigenvalue weighted by Gasteiger charge is -2.25. The Kier molecular flexibility index (Phi) is 5.39. The van der Waals surface area contributed by atoms with Crippen molar-refractivity contribution in [2.75, 3.05) is 19.0 Å². The molecule has 0 unspecified atom stereocenters. The molecule has 8 nitrogen and oxygen atoms in total. The summed E-state index contributed by atoms with van der Waals surface area (Å²) in [6.07, 6.45) is 1.85. The standard InChI is InChI=1S/C20H20N2O6S/c1-26-20(25)22-18(24)16-11-6-2-5-9-15(11)29-19(16)21-17(23)14-10-27-12-7-3-4-8-13(12)28-14/h3-4,7-8,14H,2,5-6,9-10H2,1H3,(H,21,23)(H,22,24,25)/t14-/m1/s1. The zero-order valence-electron chi connectivity index (χ0n) is 15.8. The van der Waals surface area contributed by atoms with Gasteiger partial charge in [-0.2, -0.15) is 0 Å². The van der Waals surface area contributed by atoms with Crippen LogP contribution in [0.15, 0.2) is 24.3 Å². The molecule has 152 valence electrons. The van der Waals surface area contributed by atoms with Crippen molar-refractivity contribution in [1.82, 2.24) is 5.32 Å². The Labute approximate surface area is 171 Å². The molecule has 2 N–H and O–H groups in total.